The summed E-state index contributed by atoms with van der Waals surface area (Å²) in [5, 5.41) is 11.2. The molecule has 1 rings (SSSR count). The maximum absolute atomic E-state index is 7.19. The number of rotatable bonds is 2. The van der Waals surface area contributed by atoms with E-state index >= 15 is 0 Å². The molecule has 0 atom stereocenters. The van der Waals surface area contributed by atoms with Gasteiger partial charge in [0.2, 0.25) is 0 Å². The Morgan fingerprint density at radius 1 is 1.82 bits per heavy atom. The van der Waals surface area contributed by atoms with Gasteiger partial charge in [0.15, 0.2) is 0 Å². The minimum Gasteiger partial charge on any atom is -0.384 e. The summed E-state index contributed by atoms with van der Waals surface area (Å²) >= 11 is 0. The van der Waals surface area contributed by atoms with E-state index in [-0.39, 0.29) is 5.84 Å². The zero-order valence-electron chi connectivity index (χ0n) is 6.76. The summed E-state index contributed by atoms with van der Waals surface area (Å²) in [6.45, 7) is 4.73. The first kappa shape index (κ1) is 7.78. The third-order valence-corrected chi connectivity index (χ3v) is 1.69. The molecule has 1 heterocycles. The summed E-state index contributed by atoms with van der Waals surface area (Å²) < 4.78 is 1.82. The number of nitrogen functional groups attached to an aromatic ring is 1. The molecule has 0 saturated carbocycles. The van der Waals surface area contributed by atoms with Gasteiger partial charge in [0.05, 0.1) is 11.8 Å². The fraction of sp³-hybridized carbons (Fsp3) is 0.429. The van der Waals surface area contributed by atoms with Crippen LogP contribution in [-0.4, -0.2) is 15.6 Å². The Labute approximate surface area is 65.5 Å². The largest absolute Gasteiger partial charge is 0.384 e. The van der Waals surface area contributed by atoms with E-state index in [4.69, 9.17) is 11.1 Å². The van der Waals surface area contributed by atoms with Gasteiger partial charge in [-0.05, 0) is 13.8 Å². The van der Waals surface area contributed by atoms with Crippen molar-refractivity contribution in [1.82, 2.24) is 9.78 Å². The van der Waals surface area contributed by atoms with Crippen molar-refractivity contribution in [3.63, 3.8) is 0 Å². The van der Waals surface area contributed by atoms with E-state index in [1.54, 1.807) is 6.20 Å². The molecular weight excluding hydrogens is 140 g/mol. The third-order valence-electron chi connectivity index (χ3n) is 1.69. The van der Waals surface area contributed by atoms with E-state index in [0.29, 0.717) is 0 Å². The SMILES string of the molecule is CCn1ncc(C(=N)N)c1C. The van der Waals surface area contributed by atoms with Gasteiger partial charge in [-0.25, -0.2) is 0 Å². The van der Waals surface area contributed by atoms with E-state index in [1.165, 1.54) is 0 Å². The molecule has 1 aromatic heterocycles. The normalized spacial score (nSPS) is 10.0. The lowest BCUT2D eigenvalue weighted by Gasteiger charge is -1.99. The number of hydrogen-bond donors (Lipinski definition) is 2. The number of hydrogen-bond acceptors (Lipinski definition) is 2. The number of nitrogens with two attached hydrogens (primary N) is 1. The molecule has 1 aromatic rings. The van der Waals surface area contributed by atoms with Crippen molar-refractivity contribution in [3.05, 3.63) is 17.5 Å². The van der Waals surface area contributed by atoms with Crippen LogP contribution >= 0.6 is 0 Å². The maximum Gasteiger partial charge on any atom is 0.126 e. The third kappa shape index (κ3) is 1.24. The van der Waals surface area contributed by atoms with Gasteiger partial charge in [-0.1, -0.05) is 0 Å². The van der Waals surface area contributed by atoms with Crippen molar-refractivity contribution in [1.29, 1.82) is 5.41 Å². The van der Waals surface area contributed by atoms with Crippen LogP contribution in [0.2, 0.25) is 0 Å². The Kier molecular flexibility index (Phi) is 1.94. The van der Waals surface area contributed by atoms with Crippen LogP contribution in [0.3, 0.4) is 0 Å². The molecule has 0 unspecified atom stereocenters. The number of nitrogens with zero attached hydrogens (tertiary/aromatic N) is 2. The summed E-state index contributed by atoms with van der Waals surface area (Å²) in [6, 6.07) is 0. The summed E-state index contributed by atoms with van der Waals surface area (Å²) in [6.07, 6.45) is 1.63. The van der Waals surface area contributed by atoms with Gasteiger partial charge in [0.1, 0.15) is 5.84 Å². The predicted molar refractivity (Wildman–Crippen MR) is 43.7 cm³/mol. The lowest BCUT2D eigenvalue weighted by atomic mass is 10.2. The first-order chi connectivity index (χ1) is 5.16. The minimum atomic E-state index is 0.0854. The average Bonchev–Trinajstić information content (AvgIpc) is 2.30. The number of aromatic nitrogens is 2. The van der Waals surface area contributed by atoms with Crippen molar-refractivity contribution in [2.75, 3.05) is 0 Å². The molecule has 0 saturated heterocycles. The highest BCUT2D eigenvalue weighted by Crippen LogP contribution is 2.04. The number of nitrogens with one attached hydrogen (secondary N) is 1. The molecule has 0 aliphatic heterocycles. The molecule has 4 heteroatoms. The average molecular weight is 152 g/mol. The summed E-state index contributed by atoms with van der Waals surface area (Å²) in [4.78, 5) is 0. The first-order valence-corrected chi connectivity index (χ1v) is 3.53. The Morgan fingerprint density at radius 2 is 2.45 bits per heavy atom. The second kappa shape index (κ2) is 2.74. The van der Waals surface area contributed by atoms with Gasteiger partial charge in [-0.15, -0.1) is 0 Å². The summed E-state index contributed by atoms with van der Waals surface area (Å²) in [7, 11) is 0. The fourth-order valence-electron chi connectivity index (χ4n) is 1.03. The Bertz CT molecular complexity index is 274. The molecule has 0 fully saturated rings. The van der Waals surface area contributed by atoms with Gasteiger partial charge in [-0.2, -0.15) is 5.10 Å². The lowest BCUT2D eigenvalue weighted by Crippen LogP contribution is -2.12. The van der Waals surface area contributed by atoms with E-state index in [9.17, 15) is 0 Å². The summed E-state index contributed by atoms with van der Waals surface area (Å²) in [5.74, 6) is 0.0854. The predicted octanol–water partition coefficient (Wildman–Crippen LogP) is 0.495. The van der Waals surface area contributed by atoms with Crippen LogP contribution in [-0.2, 0) is 6.54 Å². The van der Waals surface area contributed by atoms with Crippen LogP contribution in [0.15, 0.2) is 6.20 Å². The molecule has 0 spiro atoms. The standard InChI is InChI=1S/C7H12N4/c1-3-11-5(2)6(4-10-11)7(8)9/h4H,3H2,1-2H3,(H3,8,9). The van der Waals surface area contributed by atoms with Gasteiger partial charge in [0, 0.05) is 12.2 Å². The maximum atomic E-state index is 7.19. The number of amidine groups is 1. The second-order valence-corrected chi connectivity index (χ2v) is 2.37. The topological polar surface area (TPSA) is 67.7 Å². The van der Waals surface area contributed by atoms with Crippen LogP contribution in [0, 0.1) is 12.3 Å². The monoisotopic (exact) mass is 152 g/mol. The highest BCUT2D eigenvalue weighted by molar-refractivity contribution is 5.95. The Morgan fingerprint density at radius 3 is 2.73 bits per heavy atom. The van der Waals surface area contributed by atoms with Crippen molar-refractivity contribution in [2.45, 2.75) is 20.4 Å². The molecule has 0 radical (unpaired) electrons. The van der Waals surface area contributed by atoms with E-state index < -0.39 is 0 Å². The molecule has 0 amide bonds. The number of aryl methyl sites for hydroxylation is 1. The van der Waals surface area contributed by atoms with Gasteiger partial charge in [-0.3, -0.25) is 10.1 Å². The van der Waals surface area contributed by atoms with Crippen LogP contribution in [0.5, 0.6) is 0 Å². The van der Waals surface area contributed by atoms with E-state index in [1.807, 2.05) is 18.5 Å². The molecule has 60 valence electrons. The van der Waals surface area contributed by atoms with Crippen molar-refractivity contribution < 1.29 is 0 Å². The highest BCUT2D eigenvalue weighted by Gasteiger charge is 2.05. The lowest BCUT2D eigenvalue weighted by molar-refractivity contribution is 0.639. The summed E-state index contributed by atoms with van der Waals surface area (Å²) in [5.41, 5.74) is 7.00. The van der Waals surface area contributed by atoms with Gasteiger partial charge >= 0.3 is 0 Å². The first-order valence-electron chi connectivity index (χ1n) is 3.53. The quantitative estimate of drug-likeness (QED) is 0.478. The Hall–Kier alpha value is -1.32. The molecular formula is C7H12N4. The van der Waals surface area contributed by atoms with E-state index in [2.05, 4.69) is 5.10 Å². The molecule has 11 heavy (non-hydrogen) atoms. The molecule has 0 aromatic carbocycles. The van der Waals surface area contributed by atoms with E-state index in [0.717, 1.165) is 17.8 Å². The van der Waals surface area contributed by atoms with Crippen molar-refractivity contribution in [3.8, 4) is 0 Å². The van der Waals surface area contributed by atoms with Crippen molar-refractivity contribution in [2.24, 2.45) is 5.73 Å². The Balaban J connectivity index is 3.10. The van der Waals surface area contributed by atoms with Crippen LogP contribution < -0.4 is 5.73 Å². The molecule has 0 aliphatic rings. The molecule has 4 nitrogen and oxygen atoms in total. The van der Waals surface area contributed by atoms with Crippen molar-refractivity contribution >= 4 is 5.84 Å². The molecule has 0 bridgehead atoms. The zero-order valence-corrected chi connectivity index (χ0v) is 6.76. The molecule has 3 N–H and O–H groups in total. The van der Waals surface area contributed by atoms with Crippen LogP contribution in [0.25, 0.3) is 0 Å². The van der Waals surface area contributed by atoms with Crippen LogP contribution in [0.4, 0.5) is 0 Å². The van der Waals surface area contributed by atoms with Crippen LogP contribution in [0.1, 0.15) is 18.2 Å². The molecule has 0 aliphatic carbocycles. The zero-order chi connectivity index (χ0) is 8.43. The second-order valence-electron chi connectivity index (χ2n) is 2.37. The highest BCUT2D eigenvalue weighted by atomic mass is 15.3. The minimum absolute atomic E-state index is 0.0854. The smallest absolute Gasteiger partial charge is 0.126 e. The van der Waals surface area contributed by atoms with Gasteiger partial charge in [0.25, 0.3) is 0 Å². The fourth-order valence-corrected chi connectivity index (χ4v) is 1.03. The van der Waals surface area contributed by atoms with Gasteiger partial charge < -0.3 is 5.73 Å².